The zero-order chi connectivity index (χ0) is 18.0. The molecule has 0 N–H and O–H groups in total. The van der Waals surface area contributed by atoms with Crippen molar-refractivity contribution in [1.82, 2.24) is 15.0 Å². The second-order valence-electron chi connectivity index (χ2n) is 5.93. The maximum Gasteiger partial charge on any atom is 0.257 e. The molecular formula is C17H19FN4O3. The minimum absolute atomic E-state index is 0.0173. The topological polar surface area (TPSA) is 79.5 Å². The number of anilines is 1. The molecular weight excluding hydrogens is 327 g/mol. The number of hydrogen-bond donors (Lipinski definition) is 0. The van der Waals surface area contributed by atoms with Gasteiger partial charge in [-0.25, -0.2) is 4.39 Å². The molecule has 1 saturated heterocycles. The van der Waals surface area contributed by atoms with E-state index in [9.17, 15) is 14.0 Å². The normalized spacial score (nSPS) is 14.2. The van der Waals surface area contributed by atoms with Crippen molar-refractivity contribution in [3.05, 3.63) is 41.3 Å². The van der Waals surface area contributed by atoms with Crippen molar-refractivity contribution >= 4 is 17.5 Å². The minimum Gasteiger partial charge on any atom is -0.337 e. The molecule has 0 aliphatic carbocycles. The number of aryl methyl sites for hydroxylation is 1. The van der Waals surface area contributed by atoms with Gasteiger partial charge in [-0.2, -0.15) is 4.98 Å². The summed E-state index contributed by atoms with van der Waals surface area (Å²) in [4.78, 5) is 31.5. The Hall–Kier alpha value is -2.77. The summed E-state index contributed by atoms with van der Waals surface area (Å²) in [5, 5.41) is 3.77. The molecule has 1 aliphatic heterocycles. The molecule has 0 bridgehead atoms. The summed E-state index contributed by atoms with van der Waals surface area (Å²) in [5.74, 6) is -0.318. The molecule has 2 amide bonds. The maximum absolute atomic E-state index is 14.2. The molecule has 1 aromatic carbocycles. The lowest BCUT2D eigenvalue weighted by molar-refractivity contribution is -0.117. The van der Waals surface area contributed by atoms with Crippen molar-refractivity contribution in [3.8, 4) is 0 Å². The molecule has 1 aromatic heterocycles. The smallest absolute Gasteiger partial charge is 0.257 e. The van der Waals surface area contributed by atoms with E-state index in [2.05, 4.69) is 10.1 Å². The molecule has 1 fully saturated rings. The Labute approximate surface area is 144 Å². The lowest BCUT2D eigenvalue weighted by Gasteiger charge is -2.19. The van der Waals surface area contributed by atoms with Crippen LogP contribution in [0.4, 0.5) is 10.1 Å². The van der Waals surface area contributed by atoms with Crippen LogP contribution in [0.1, 0.15) is 41.8 Å². The summed E-state index contributed by atoms with van der Waals surface area (Å²) in [6, 6.07) is 4.15. The Morgan fingerprint density at radius 2 is 2.24 bits per heavy atom. The zero-order valence-corrected chi connectivity index (χ0v) is 14.2. The SMILES string of the molecule is CCc1noc(CN(C)C(=O)c2cc(N3CCCC3=O)ccc2F)n1. The van der Waals surface area contributed by atoms with Crippen LogP contribution in [0.5, 0.6) is 0 Å². The van der Waals surface area contributed by atoms with E-state index in [1.807, 2.05) is 6.92 Å². The fraction of sp³-hybridized carbons (Fsp3) is 0.412. The van der Waals surface area contributed by atoms with Crippen LogP contribution in [0, 0.1) is 5.82 Å². The third-order valence-electron chi connectivity index (χ3n) is 4.11. The summed E-state index contributed by atoms with van der Waals surface area (Å²) >= 11 is 0. The predicted octanol–water partition coefficient (Wildman–Crippen LogP) is 2.17. The molecule has 3 rings (SSSR count). The summed E-state index contributed by atoms with van der Waals surface area (Å²) in [6.45, 7) is 2.55. The molecule has 25 heavy (non-hydrogen) atoms. The van der Waals surface area contributed by atoms with Gasteiger partial charge in [-0.05, 0) is 24.6 Å². The Balaban J connectivity index is 1.79. The number of carbonyl (C=O) groups is 2. The van der Waals surface area contributed by atoms with Crippen LogP contribution in [0.15, 0.2) is 22.7 Å². The summed E-state index contributed by atoms with van der Waals surface area (Å²) in [6.07, 6.45) is 1.86. The van der Waals surface area contributed by atoms with E-state index in [-0.39, 0.29) is 18.0 Å². The van der Waals surface area contributed by atoms with E-state index in [4.69, 9.17) is 4.52 Å². The van der Waals surface area contributed by atoms with Crippen LogP contribution < -0.4 is 4.90 Å². The largest absolute Gasteiger partial charge is 0.337 e. The van der Waals surface area contributed by atoms with Gasteiger partial charge in [0.25, 0.3) is 5.91 Å². The van der Waals surface area contributed by atoms with Crippen molar-refractivity contribution < 1.29 is 18.5 Å². The van der Waals surface area contributed by atoms with Gasteiger partial charge in [0.1, 0.15) is 5.82 Å². The average molecular weight is 346 g/mol. The van der Waals surface area contributed by atoms with Gasteiger partial charge in [-0.1, -0.05) is 12.1 Å². The average Bonchev–Trinajstić information content (AvgIpc) is 3.23. The molecule has 0 saturated carbocycles. The first-order valence-corrected chi connectivity index (χ1v) is 8.16. The lowest BCUT2D eigenvalue weighted by Crippen LogP contribution is -2.28. The standard InChI is InChI=1S/C17H19FN4O3/c1-3-14-19-15(25-20-14)10-21(2)17(24)12-9-11(6-7-13(12)18)22-8-4-5-16(22)23/h6-7,9H,3-5,8,10H2,1-2H3. The number of benzene rings is 1. The highest BCUT2D eigenvalue weighted by molar-refractivity contribution is 5.99. The van der Waals surface area contributed by atoms with Crippen LogP contribution in [0.25, 0.3) is 0 Å². The van der Waals surface area contributed by atoms with Crippen LogP contribution in [-0.4, -0.2) is 40.4 Å². The zero-order valence-electron chi connectivity index (χ0n) is 14.2. The molecule has 132 valence electrons. The highest BCUT2D eigenvalue weighted by Gasteiger charge is 2.25. The first-order valence-electron chi connectivity index (χ1n) is 8.16. The predicted molar refractivity (Wildman–Crippen MR) is 87.5 cm³/mol. The molecule has 0 unspecified atom stereocenters. The molecule has 2 heterocycles. The quantitative estimate of drug-likeness (QED) is 0.829. The van der Waals surface area contributed by atoms with Crippen molar-refractivity contribution in [1.29, 1.82) is 0 Å². The molecule has 1 aliphatic rings. The minimum atomic E-state index is -0.632. The van der Waals surface area contributed by atoms with Gasteiger partial charge in [0.05, 0.1) is 12.1 Å². The number of hydrogen-bond acceptors (Lipinski definition) is 5. The Morgan fingerprint density at radius 3 is 2.88 bits per heavy atom. The van der Waals surface area contributed by atoms with Gasteiger partial charge in [0.2, 0.25) is 11.8 Å². The number of rotatable bonds is 5. The van der Waals surface area contributed by atoms with E-state index in [0.717, 1.165) is 6.42 Å². The van der Waals surface area contributed by atoms with Gasteiger partial charge in [-0.15, -0.1) is 0 Å². The first kappa shape index (κ1) is 17.1. The van der Waals surface area contributed by atoms with Gasteiger partial charge in [-0.3, -0.25) is 9.59 Å². The third kappa shape index (κ3) is 3.52. The molecule has 0 radical (unpaired) electrons. The summed E-state index contributed by atoms with van der Waals surface area (Å²) in [7, 11) is 1.53. The number of nitrogens with zero attached hydrogens (tertiary/aromatic N) is 4. The van der Waals surface area contributed by atoms with Crippen LogP contribution >= 0.6 is 0 Å². The Kier molecular flexibility index (Phi) is 4.78. The van der Waals surface area contributed by atoms with E-state index in [0.29, 0.717) is 36.8 Å². The van der Waals surface area contributed by atoms with Crippen molar-refractivity contribution in [3.63, 3.8) is 0 Å². The van der Waals surface area contributed by atoms with Gasteiger partial charge in [0.15, 0.2) is 5.82 Å². The number of halogens is 1. The van der Waals surface area contributed by atoms with E-state index in [1.54, 1.807) is 4.90 Å². The second kappa shape index (κ2) is 7.00. The fourth-order valence-corrected chi connectivity index (χ4v) is 2.74. The fourth-order valence-electron chi connectivity index (χ4n) is 2.74. The molecule has 8 heteroatoms. The number of aromatic nitrogens is 2. The molecule has 7 nitrogen and oxygen atoms in total. The van der Waals surface area contributed by atoms with Crippen LogP contribution in [0.3, 0.4) is 0 Å². The second-order valence-corrected chi connectivity index (χ2v) is 5.93. The number of carbonyl (C=O) groups excluding carboxylic acids is 2. The van der Waals surface area contributed by atoms with Crippen molar-refractivity contribution in [2.45, 2.75) is 32.7 Å². The van der Waals surface area contributed by atoms with Gasteiger partial charge < -0.3 is 14.3 Å². The van der Waals surface area contributed by atoms with E-state index < -0.39 is 11.7 Å². The van der Waals surface area contributed by atoms with Gasteiger partial charge in [0, 0.05) is 32.1 Å². The Morgan fingerprint density at radius 1 is 1.44 bits per heavy atom. The molecule has 0 spiro atoms. The number of amides is 2. The Bertz CT molecular complexity index is 805. The highest BCUT2D eigenvalue weighted by Crippen LogP contribution is 2.24. The van der Waals surface area contributed by atoms with E-state index in [1.165, 1.54) is 30.1 Å². The summed E-state index contributed by atoms with van der Waals surface area (Å²) in [5.41, 5.74) is 0.446. The molecule has 0 atom stereocenters. The monoisotopic (exact) mass is 346 g/mol. The van der Waals surface area contributed by atoms with Gasteiger partial charge >= 0.3 is 0 Å². The first-order chi connectivity index (χ1) is 12.0. The van der Waals surface area contributed by atoms with Crippen LogP contribution in [0.2, 0.25) is 0 Å². The van der Waals surface area contributed by atoms with E-state index >= 15 is 0 Å². The molecule has 2 aromatic rings. The van der Waals surface area contributed by atoms with Crippen LogP contribution in [-0.2, 0) is 17.8 Å². The highest BCUT2D eigenvalue weighted by atomic mass is 19.1. The van der Waals surface area contributed by atoms with Crippen molar-refractivity contribution in [2.24, 2.45) is 0 Å². The summed E-state index contributed by atoms with van der Waals surface area (Å²) < 4.78 is 19.2. The maximum atomic E-state index is 14.2. The van der Waals surface area contributed by atoms with Crippen molar-refractivity contribution in [2.75, 3.05) is 18.5 Å². The third-order valence-corrected chi connectivity index (χ3v) is 4.11. The lowest BCUT2D eigenvalue weighted by atomic mass is 10.1.